The Bertz CT molecular complexity index is 363. The van der Waals surface area contributed by atoms with Gasteiger partial charge in [0.2, 0.25) is 5.91 Å². The molecular weight excluding hydrogens is 312 g/mol. The molecule has 1 aromatic heterocycles. The number of halogens is 2. The van der Waals surface area contributed by atoms with Crippen LogP contribution in [0.4, 0.5) is 0 Å². The lowest BCUT2D eigenvalue weighted by molar-refractivity contribution is -0.118. The van der Waals surface area contributed by atoms with E-state index in [1.165, 1.54) is 11.3 Å². The average Bonchev–Trinajstić information content (AvgIpc) is 2.45. The fourth-order valence-electron chi connectivity index (χ4n) is 1.52. The molecule has 0 radical (unpaired) electrons. The molecule has 1 aromatic rings. The molecule has 1 amide bonds. The fourth-order valence-corrected chi connectivity index (χ4v) is 3.27. The van der Waals surface area contributed by atoms with Gasteiger partial charge in [-0.3, -0.25) is 4.79 Å². The second-order valence-corrected chi connectivity index (χ2v) is 6.43. The van der Waals surface area contributed by atoms with Crippen LogP contribution in [0.3, 0.4) is 0 Å². The number of rotatable bonds is 5. The summed E-state index contributed by atoms with van der Waals surface area (Å²) < 4.78 is 1.57. The third-order valence-corrected chi connectivity index (χ3v) is 4.84. The van der Waals surface area contributed by atoms with Crippen LogP contribution in [0.15, 0.2) is 10.5 Å². The molecule has 0 fully saturated rings. The van der Waals surface area contributed by atoms with E-state index in [1.54, 1.807) is 0 Å². The van der Waals surface area contributed by atoms with Crippen molar-refractivity contribution in [1.82, 2.24) is 0 Å². The number of thiophene rings is 1. The van der Waals surface area contributed by atoms with Crippen molar-refractivity contribution in [3.8, 4) is 0 Å². The van der Waals surface area contributed by atoms with Crippen molar-refractivity contribution in [2.45, 2.75) is 25.8 Å². The van der Waals surface area contributed by atoms with Gasteiger partial charge in [0.15, 0.2) is 0 Å². The molecule has 0 aliphatic carbocycles. The second kappa shape index (κ2) is 6.00. The second-order valence-electron chi connectivity index (χ2n) is 3.89. The Labute approximate surface area is 112 Å². The first kappa shape index (κ1) is 14.0. The molecule has 2 unspecified atom stereocenters. The van der Waals surface area contributed by atoms with Crippen LogP contribution in [0.1, 0.15) is 30.7 Å². The number of hydrogen-bond donors (Lipinski definition) is 2. The molecule has 90 valence electrons. The van der Waals surface area contributed by atoms with Gasteiger partial charge in [-0.1, -0.05) is 18.5 Å². The van der Waals surface area contributed by atoms with Gasteiger partial charge in [-0.05, 0) is 34.3 Å². The smallest absolute Gasteiger partial charge is 0.217 e. The molecule has 0 aliphatic heterocycles. The predicted molar refractivity (Wildman–Crippen MR) is 71.5 cm³/mol. The van der Waals surface area contributed by atoms with Gasteiger partial charge in [-0.25, -0.2) is 0 Å². The third-order valence-electron chi connectivity index (χ3n) is 2.24. The summed E-state index contributed by atoms with van der Waals surface area (Å²) in [6.07, 6.45) is 1.10. The first-order valence-electron chi connectivity index (χ1n) is 4.88. The lowest BCUT2D eigenvalue weighted by Gasteiger charge is -2.14. The highest BCUT2D eigenvalue weighted by atomic mass is 79.9. The van der Waals surface area contributed by atoms with E-state index in [0.717, 1.165) is 15.8 Å². The summed E-state index contributed by atoms with van der Waals surface area (Å²) in [5.74, 6) is -0.0998. The van der Waals surface area contributed by atoms with Gasteiger partial charge in [0.05, 0.1) is 0 Å². The molecule has 0 spiro atoms. The first-order chi connectivity index (χ1) is 7.40. The van der Waals surface area contributed by atoms with E-state index < -0.39 is 0 Å². The van der Waals surface area contributed by atoms with Crippen LogP contribution in [-0.2, 0) is 4.79 Å². The zero-order valence-electron chi connectivity index (χ0n) is 8.87. The van der Waals surface area contributed by atoms with E-state index in [0.29, 0.717) is 10.8 Å². The zero-order valence-corrected chi connectivity index (χ0v) is 12.0. The summed E-state index contributed by atoms with van der Waals surface area (Å²) in [5, 5.41) is 0. The van der Waals surface area contributed by atoms with Crippen molar-refractivity contribution < 1.29 is 4.79 Å². The summed E-state index contributed by atoms with van der Waals surface area (Å²) >= 11 is 10.7. The highest BCUT2D eigenvalue weighted by molar-refractivity contribution is 9.10. The van der Waals surface area contributed by atoms with Crippen LogP contribution in [0.25, 0.3) is 0 Å². The van der Waals surface area contributed by atoms with E-state index in [-0.39, 0.29) is 17.9 Å². The predicted octanol–water partition coefficient (Wildman–Crippen LogP) is 3.07. The summed E-state index contributed by atoms with van der Waals surface area (Å²) in [5.41, 5.74) is 11.2. The maximum atomic E-state index is 10.7. The Kier molecular flexibility index (Phi) is 5.24. The van der Waals surface area contributed by atoms with Gasteiger partial charge in [0.25, 0.3) is 0 Å². The standard InChI is InChI=1S/C10H14BrClN2OS/c1-5(3-9(14)15)2-7(13)8-4-6(11)10(12)16-8/h4-5,7H,2-3,13H2,1H3,(H2,14,15). The van der Waals surface area contributed by atoms with Crippen LogP contribution < -0.4 is 11.5 Å². The van der Waals surface area contributed by atoms with Crippen LogP contribution >= 0.6 is 38.9 Å². The van der Waals surface area contributed by atoms with Gasteiger partial charge in [0.1, 0.15) is 4.34 Å². The fraction of sp³-hybridized carbons (Fsp3) is 0.500. The Hall–Kier alpha value is -0.100. The maximum absolute atomic E-state index is 10.7. The highest BCUT2D eigenvalue weighted by Gasteiger charge is 2.16. The van der Waals surface area contributed by atoms with Crippen molar-refractivity contribution in [2.24, 2.45) is 17.4 Å². The molecule has 1 rings (SSSR count). The summed E-state index contributed by atoms with van der Waals surface area (Å²) in [7, 11) is 0. The van der Waals surface area contributed by atoms with Crippen molar-refractivity contribution in [3.05, 3.63) is 19.8 Å². The minimum Gasteiger partial charge on any atom is -0.370 e. The summed E-state index contributed by atoms with van der Waals surface area (Å²) in [4.78, 5) is 11.8. The van der Waals surface area contributed by atoms with E-state index >= 15 is 0 Å². The highest BCUT2D eigenvalue weighted by Crippen LogP contribution is 2.36. The number of primary amides is 1. The van der Waals surface area contributed by atoms with Crippen LogP contribution in [0.2, 0.25) is 4.34 Å². The van der Waals surface area contributed by atoms with E-state index in [4.69, 9.17) is 23.1 Å². The number of carbonyl (C=O) groups excluding carboxylic acids is 1. The Morgan fingerprint density at radius 1 is 1.69 bits per heavy atom. The molecule has 1 heterocycles. The Balaban J connectivity index is 2.58. The Morgan fingerprint density at radius 3 is 2.75 bits per heavy atom. The lowest BCUT2D eigenvalue weighted by atomic mass is 9.98. The van der Waals surface area contributed by atoms with Crippen molar-refractivity contribution in [1.29, 1.82) is 0 Å². The van der Waals surface area contributed by atoms with E-state index in [1.807, 2.05) is 13.0 Å². The maximum Gasteiger partial charge on any atom is 0.217 e. The molecule has 0 saturated carbocycles. The van der Waals surface area contributed by atoms with Gasteiger partial charge in [-0.15, -0.1) is 11.3 Å². The molecule has 16 heavy (non-hydrogen) atoms. The SMILES string of the molecule is CC(CC(N)=O)CC(N)c1cc(Br)c(Cl)s1. The topological polar surface area (TPSA) is 69.1 Å². The van der Waals surface area contributed by atoms with Crippen molar-refractivity contribution in [2.75, 3.05) is 0 Å². The quantitative estimate of drug-likeness (QED) is 0.873. The van der Waals surface area contributed by atoms with Gasteiger partial charge < -0.3 is 11.5 Å². The minimum absolute atomic E-state index is 0.0943. The number of nitrogens with two attached hydrogens (primary N) is 2. The van der Waals surface area contributed by atoms with Crippen LogP contribution in [-0.4, -0.2) is 5.91 Å². The number of amides is 1. The van der Waals surface area contributed by atoms with Crippen LogP contribution in [0, 0.1) is 5.92 Å². The van der Waals surface area contributed by atoms with Gasteiger partial charge >= 0.3 is 0 Å². The Morgan fingerprint density at radius 2 is 2.31 bits per heavy atom. The molecule has 0 saturated heterocycles. The van der Waals surface area contributed by atoms with Crippen molar-refractivity contribution in [3.63, 3.8) is 0 Å². The molecule has 0 bridgehead atoms. The van der Waals surface area contributed by atoms with Crippen LogP contribution in [0.5, 0.6) is 0 Å². The average molecular weight is 326 g/mol. The number of carbonyl (C=O) groups is 1. The first-order valence-corrected chi connectivity index (χ1v) is 6.87. The lowest BCUT2D eigenvalue weighted by Crippen LogP contribution is -2.19. The molecular formula is C10H14BrClN2OS. The molecule has 3 nitrogen and oxygen atoms in total. The van der Waals surface area contributed by atoms with Crippen molar-refractivity contribution >= 4 is 44.8 Å². The largest absolute Gasteiger partial charge is 0.370 e. The molecule has 2 atom stereocenters. The molecule has 0 aliphatic rings. The molecule has 4 N–H and O–H groups in total. The monoisotopic (exact) mass is 324 g/mol. The van der Waals surface area contributed by atoms with Gasteiger partial charge in [-0.2, -0.15) is 0 Å². The van der Waals surface area contributed by atoms with Gasteiger partial charge in [0, 0.05) is 21.8 Å². The molecule has 6 heteroatoms. The normalized spacial score (nSPS) is 14.8. The molecule has 0 aromatic carbocycles. The zero-order chi connectivity index (χ0) is 12.3. The summed E-state index contributed by atoms with van der Waals surface area (Å²) in [6, 6.07) is 1.83. The van der Waals surface area contributed by atoms with E-state index in [2.05, 4.69) is 15.9 Å². The number of hydrogen-bond acceptors (Lipinski definition) is 3. The van der Waals surface area contributed by atoms with E-state index in [9.17, 15) is 4.79 Å². The summed E-state index contributed by atoms with van der Waals surface area (Å²) in [6.45, 7) is 1.97. The minimum atomic E-state index is -0.287. The third kappa shape index (κ3) is 4.05.